The smallest absolute Gasteiger partial charge is 0.140 e. The molecule has 2 aliphatic rings. The van der Waals surface area contributed by atoms with Gasteiger partial charge in [0, 0.05) is 12.3 Å². The van der Waals surface area contributed by atoms with E-state index in [1.807, 2.05) is 0 Å². The lowest BCUT2D eigenvalue weighted by Gasteiger charge is -2.28. The second-order valence-electron chi connectivity index (χ2n) is 8.17. The second kappa shape index (κ2) is 9.40. The second-order valence-corrected chi connectivity index (χ2v) is 8.17. The highest BCUT2D eigenvalue weighted by molar-refractivity contribution is 5.86. The van der Waals surface area contributed by atoms with Gasteiger partial charge in [0.2, 0.25) is 0 Å². The minimum atomic E-state index is 0.126. The summed E-state index contributed by atoms with van der Waals surface area (Å²) in [6, 6.07) is 8.32. The summed E-state index contributed by atoms with van der Waals surface area (Å²) in [5.41, 5.74) is 1.17. The average molecular weight is 343 g/mol. The van der Waals surface area contributed by atoms with Crippen molar-refractivity contribution in [2.24, 2.45) is 11.8 Å². The quantitative estimate of drug-likeness (QED) is 0.582. The molecule has 2 saturated carbocycles. The van der Waals surface area contributed by atoms with Gasteiger partial charge < -0.3 is 4.74 Å². The summed E-state index contributed by atoms with van der Waals surface area (Å²) in [5, 5.41) is 0. The summed E-state index contributed by atoms with van der Waals surface area (Å²) in [4.78, 5) is 12.1. The van der Waals surface area contributed by atoms with Gasteiger partial charge in [-0.1, -0.05) is 57.6 Å². The van der Waals surface area contributed by atoms with Crippen LogP contribution in [-0.4, -0.2) is 12.4 Å². The third kappa shape index (κ3) is 5.33. The van der Waals surface area contributed by atoms with Gasteiger partial charge in [-0.05, 0) is 55.2 Å². The van der Waals surface area contributed by atoms with Crippen molar-refractivity contribution in [3.63, 3.8) is 0 Å². The zero-order valence-corrected chi connectivity index (χ0v) is 15.8. The van der Waals surface area contributed by atoms with Gasteiger partial charge in [0.25, 0.3) is 0 Å². The number of carbonyl (C=O) groups excluding carboxylic acids is 1. The van der Waals surface area contributed by atoms with Gasteiger partial charge in [-0.2, -0.15) is 0 Å². The fraction of sp³-hybridized carbons (Fsp3) is 0.696. The van der Waals surface area contributed by atoms with Crippen LogP contribution in [0.3, 0.4) is 0 Å². The summed E-state index contributed by atoms with van der Waals surface area (Å²) in [7, 11) is 0. The van der Waals surface area contributed by atoms with Crippen molar-refractivity contribution in [2.45, 2.75) is 83.5 Å². The van der Waals surface area contributed by atoms with E-state index in [9.17, 15) is 4.79 Å². The summed E-state index contributed by atoms with van der Waals surface area (Å²) < 4.78 is 6.05. The maximum atomic E-state index is 12.1. The Labute approximate surface area is 153 Å². The molecule has 0 saturated heterocycles. The van der Waals surface area contributed by atoms with E-state index in [1.165, 1.54) is 56.9 Å². The molecule has 0 aromatic heterocycles. The fourth-order valence-corrected chi connectivity index (χ4v) is 4.53. The normalized spacial score (nSPS) is 27.2. The number of Topliss-reactive ketones (excluding diaryl/α,β-unsaturated/α-hetero) is 1. The van der Waals surface area contributed by atoms with Gasteiger partial charge >= 0.3 is 0 Å². The number of hydrogen-bond acceptors (Lipinski definition) is 2. The molecule has 1 aromatic carbocycles. The molecule has 0 amide bonds. The SMILES string of the molecule is CCCCC1CCC(COc2ccc(C3CCCCC3=O)cc2)CC1. The summed E-state index contributed by atoms with van der Waals surface area (Å²) >= 11 is 0. The zero-order chi connectivity index (χ0) is 17.5. The van der Waals surface area contributed by atoms with Crippen LogP contribution in [0.2, 0.25) is 0 Å². The molecule has 2 aliphatic carbocycles. The van der Waals surface area contributed by atoms with Gasteiger partial charge in [0.1, 0.15) is 11.5 Å². The van der Waals surface area contributed by atoms with E-state index < -0.39 is 0 Å². The lowest BCUT2D eigenvalue weighted by atomic mass is 9.80. The molecule has 2 heteroatoms. The van der Waals surface area contributed by atoms with E-state index in [-0.39, 0.29) is 5.92 Å². The van der Waals surface area contributed by atoms with Gasteiger partial charge in [-0.15, -0.1) is 0 Å². The molecule has 0 heterocycles. The highest BCUT2D eigenvalue weighted by Gasteiger charge is 2.24. The molecule has 3 rings (SSSR count). The first kappa shape index (κ1) is 18.5. The molecule has 2 nitrogen and oxygen atoms in total. The highest BCUT2D eigenvalue weighted by atomic mass is 16.5. The van der Waals surface area contributed by atoms with Gasteiger partial charge in [-0.3, -0.25) is 4.79 Å². The lowest BCUT2D eigenvalue weighted by Crippen LogP contribution is -2.20. The Kier molecular flexibility index (Phi) is 6.95. The molecule has 25 heavy (non-hydrogen) atoms. The van der Waals surface area contributed by atoms with Crippen LogP contribution in [0.5, 0.6) is 5.75 Å². The molecule has 2 fully saturated rings. The van der Waals surface area contributed by atoms with Crippen LogP contribution in [0.25, 0.3) is 0 Å². The topological polar surface area (TPSA) is 26.3 Å². The van der Waals surface area contributed by atoms with Gasteiger partial charge in [0.05, 0.1) is 6.61 Å². The van der Waals surface area contributed by atoms with E-state index in [0.717, 1.165) is 43.5 Å². The molecule has 1 atom stereocenters. The summed E-state index contributed by atoms with van der Waals surface area (Å²) in [5.74, 6) is 3.18. The maximum Gasteiger partial charge on any atom is 0.140 e. The van der Waals surface area contributed by atoms with Crippen molar-refractivity contribution in [3.8, 4) is 5.75 Å². The number of unbranched alkanes of at least 4 members (excludes halogenated alkanes) is 1. The van der Waals surface area contributed by atoms with Crippen molar-refractivity contribution in [1.82, 2.24) is 0 Å². The Hall–Kier alpha value is -1.31. The standard InChI is InChI=1S/C23H34O2/c1-2-3-6-18-9-11-19(12-10-18)17-25-21-15-13-20(14-16-21)22-7-4-5-8-23(22)24/h13-16,18-19,22H,2-12,17H2,1H3. The molecule has 0 aliphatic heterocycles. The van der Waals surface area contributed by atoms with Crippen molar-refractivity contribution in [1.29, 1.82) is 0 Å². The van der Waals surface area contributed by atoms with Crippen LogP contribution in [0.4, 0.5) is 0 Å². The van der Waals surface area contributed by atoms with Crippen molar-refractivity contribution >= 4 is 5.78 Å². The fourth-order valence-electron chi connectivity index (χ4n) is 4.53. The summed E-state index contributed by atoms with van der Waals surface area (Å²) in [6.45, 7) is 3.14. The van der Waals surface area contributed by atoms with Crippen LogP contribution in [0.15, 0.2) is 24.3 Å². The van der Waals surface area contributed by atoms with E-state index in [2.05, 4.69) is 31.2 Å². The highest BCUT2D eigenvalue weighted by Crippen LogP contribution is 2.33. The molecule has 0 N–H and O–H groups in total. The molecule has 138 valence electrons. The Morgan fingerprint density at radius 2 is 1.68 bits per heavy atom. The number of rotatable bonds is 7. The Bertz CT molecular complexity index is 526. The van der Waals surface area contributed by atoms with Crippen molar-refractivity contribution in [3.05, 3.63) is 29.8 Å². The molecule has 1 unspecified atom stereocenters. The molecule has 0 radical (unpaired) electrons. The van der Waals surface area contributed by atoms with E-state index in [1.54, 1.807) is 0 Å². The maximum absolute atomic E-state index is 12.1. The molecule has 0 bridgehead atoms. The van der Waals surface area contributed by atoms with Crippen LogP contribution in [-0.2, 0) is 4.79 Å². The van der Waals surface area contributed by atoms with E-state index in [4.69, 9.17) is 4.74 Å². The first-order valence-corrected chi connectivity index (χ1v) is 10.5. The van der Waals surface area contributed by atoms with E-state index >= 15 is 0 Å². The van der Waals surface area contributed by atoms with Crippen LogP contribution in [0.1, 0.15) is 89.0 Å². The predicted octanol–water partition coefficient (Wildman–Crippen LogP) is 6.29. The average Bonchev–Trinajstić information content (AvgIpc) is 2.66. The third-order valence-electron chi connectivity index (χ3n) is 6.26. The first-order valence-electron chi connectivity index (χ1n) is 10.5. The molecular formula is C23H34O2. The minimum absolute atomic E-state index is 0.126. The third-order valence-corrected chi connectivity index (χ3v) is 6.26. The number of ketones is 1. The molecule has 1 aromatic rings. The predicted molar refractivity (Wildman–Crippen MR) is 103 cm³/mol. The van der Waals surface area contributed by atoms with Gasteiger partial charge in [0.15, 0.2) is 0 Å². The summed E-state index contributed by atoms with van der Waals surface area (Å²) in [6.07, 6.45) is 13.6. The van der Waals surface area contributed by atoms with Crippen molar-refractivity contribution in [2.75, 3.05) is 6.61 Å². The molecule has 0 spiro atoms. The minimum Gasteiger partial charge on any atom is -0.493 e. The number of benzene rings is 1. The Balaban J connectivity index is 1.42. The monoisotopic (exact) mass is 342 g/mol. The number of carbonyl (C=O) groups is 1. The Morgan fingerprint density at radius 1 is 0.960 bits per heavy atom. The molecular weight excluding hydrogens is 308 g/mol. The first-order chi connectivity index (χ1) is 12.3. The van der Waals surface area contributed by atoms with Crippen LogP contribution >= 0.6 is 0 Å². The number of hydrogen-bond donors (Lipinski definition) is 0. The van der Waals surface area contributed by atoms with E-state index in [0.29, 0.717) is 5.78 Å². The zero-order valence-electron chi connectivity index (χ0n) is 15.8. The van der Waals surface area contributed by atoms with Crippen LogP contribution < -0.4 is 4.74 Å². The van der Waals surface area contributed by atoms with Crippen molar-refractivity contribution < 1.29 is 9.53 Å². The lowest BCUT2D eigenvalue weighted by molar-refractivity contribution is -0.121. The van der Waals surface area contributed by atoms with Crippen LogP contribution in [0, 0.1) is 11.8 Å². The number of ether oxygens (including phenoxy) is 1. The van der Waals surface area contributed by atoms with Gasteiger partial charge in [-0.25, -0.2) is 0 Å². The Morgan fingerprint density at radius 3 is 2.36 bits per heavy atom. The largest absolute Gasteiger partial charge is 0.493 e.